The predicted molar refractivity (Wildman–Crippen MR) is 173 cm³/mol. The molecule has 5 atom stereocenters. The van der Waals surface area contributed by atoms with Crippen LogP contribution in [0.2, 0.25) is 0 Å². The Kier molecular flexibility index (Phi) is 8.90. The average molecular weight is 632 g/mol. The normalized spacial score (nSPS) is 29.3. The van der Waals surface area contributed by atoms with Crippen LogP contribution in [0, 0.1) is 5.92 Å². The summed E-state index contributed by atoms with van der Waals surface area (Å²) in [7, 11) is 3.23. The maximum Gasteiger partial charge on any atom is 0.200 e. The van der Waals surface area contributed by atoms with Crippen molar-refractivity contribution in [2.45, 2.75) is 127 Å². The van der Waals surface area contributed by atoms with Gasteiger partial charge in [0.05, 0.1) is 17.7 Å². The fraction of sp³-hybridized carbons (Fsp3) is 0.688. The molecule has 3 heterocycles. The Morgan fingerprint density at radius 2 is 1.95 bits per heavy atom. The van der Waals surface area contributed by atoms with Crippen LogP contribution in [-0.2, 0) is 12.2 Å². The second kappa shape index (κ2) is 12.4. The quantitative estimate of drug-likeness (QED) is 0.184. The van der Waals surface area contributed by atoms with Crippen molar-refractivity contribution in [3.63, 3.8) is 0 Å². The third-order valence-electron chi connectivity index (χ3n) is 9.53. The van der Waals surface area contributed by atoms with Crippen molar-refractivity contribution in [3.8, 4) is 11.5 Å². The van der Waals surface area contributed by atoms with Crippen molar-refractivity contribution in [2.75, 3.05) is 5.75 Å². The third kappa shape index (κ3) is 5.99. The van der Waals surface area contributed by atoms with Gasteiger partial charge in [-0.15, -0.1) is 0 Å². The van der Waals surface area contributed by atoms with Crippen LogP contribution in [0.1, 0.15) is 113 Å². The molecule has 236 valence electrons. The molecule has 2 bridgehead atoms. The first-order chi connectivity index (χ1) is 20.5. The van der Waals surface area contributed by atoms with Crippen molar-refractivity contribution in [1.29, 1.82) is 0 Å². The molecule has 0 radical (unpaired) electrons. The van der Waals surface area contributed by atoms with E-state index in [-0.39, 0.29) is 41.6 Å². The number of guanidine groups is 1. The Morgan fingerprint density at radius 3 is 2.67 bits per heavy atom. The Hall–Kier alpha value is -2.08. The molecule has 2 aromatic rings. The molecular weight excluding hydrogens is 587 g/mol. The Bertz CT molecular complexity index is 1450. The van der Waals surface area contributed by atoms with Gasteiger partial charge in [-0.2, -0.15) is 0 Å². The van der Waals surface area contributed by atoms with Gasteiger partial charge in [-0.05, 0) is 70.6 Å². The Labute approximate surface area is 260 Å². The van der Waals surface area contributed by atoms with Crippen LogP contribution >= 0.6 is 21.6 Å². The zero-order valence-corrected chi connectivity index (χ0v) is 27.0. The second-order valence-electron chi connectivity index (χ2n) is 13.4. The van der Waals surface area contributed by atoms with E-state index in [1.54, 1.807) is 21.6 Å². The Morgan fingerprint density at radius 1 is 1.19 bits per heavy atom. The number of benzene rings is 1. The molecule has 6 rings (SSSR count). The van der Waals surface area contributed by atoms with Crippen LogP contribution < -0.4 is 26.4 Å². The lowest BCUT2D eigenvalue weighted by atomic mass is 9.74. The monoisotopic (exact) mass is 631 g/mol. The zero-order chi connectivity index (χ0) is 30.5. The fourth-order valence-electron chi connectivity index (χ4n) is 7.35. The van der Waals surface area contributed by atoms with Crippen LogP contribution in [0.25, 0.3) is 11.0 Å². The lowest BCUT2D eigenvalue weighted by Crippen LogP contribution is -2.47. The van der Waals surface area contributed by atoms with Crippen molar-refractivity contribution in [1.82, 2.24) is 0 Å². The molecule has 0 amide bonds. The van der Waals surface area contributed by atoms with E-state index >= 15 is 0 Å². The van der Waals surface area contributed by atoms with Gasteiger partial charge in [0, 0.05) is 40.5 Å². The van der Waals surface area contributed by atoms with Gasteiger partial charge in [0.25, 0.3) is 0 Å². The van der Waals surface area contributed by atoms with Gasteiger partial charge in [-0.25, -0.2) is 4.99 Å². The highest BCUT2D eigenvalue weighted by atomic mass is 33.1. The van der Waals surface area contributed by atoms with Gasteiger partial charge in [0.1, 0.15) is 40.4 Å². The predicted octanol–water partition coefficient (Wildman–Crippen LogP) is 5.44. The van der Waals surface area contributed by atoms with Crippen LogP contribution in [-0.4, -0.2) is 45.8 Å². The second-order valence-corrected chi connectivity index (χ2v) is 15.9. The minimum atomic E-state index is -1.07. The van der Waals surface area contributed by atoms with Gasteiger partial charge < -0.3 is 35.6 Å². The molecule has 1 aromatic carbocycles. The summed E-state index contributed by atoms with van der Waals surface area (Å²) in [5.74, 6) is 2.84. The van der Waals surface area contributed by atoms with Crippen LogP contribution in [0.5, 0.6) is 11.5 Å². The fourth-order valence-corrected chi connectivity index (χ4v) is 9.64. The van der Waals surface area contributed by atoms with Gasteiger partial charge in [0.15, 0.2) is 11.4 Å². The number of fused-ring (bicyclic) bond motifs is 5. The number of ether oxygens (including phenoxy) is 2. The summed E-state index contributed by atoms with van der Waals surface area (Å²) in [5.41, 5.74) is 12.9. The van der Waals surface area contributed by atoms with Gasteiger partial charge in [-0.3, -0.25) is 4.79 Å². The number of hydrogen-bond donors (Lipinski definition) is 4. The minimum absolute atomic E-state index is 0.0115. The van der Waals surface area contributed by atoms with Crippen molar-refractivity contribution < 1.29 is 24.1 Å². The first-order valence-corrected chi connectivity index (χ1v) is 18.3. The lowest BCUT2D eigenvalue weighted by Gasteiger charge is -2.37. The summed E-state index contributed by atoms with van der Waals surface area (Å²) in [6.45, 7) is 6.10. The number of aliphatic hydroxyl groups excluding tert-OH is 1. The highest BCUT2D eigenvalue weighted by Crippen LogP contribution is 2.57. The van der Waals surface area contributed by atoms with Crippen molar-refractivity contribution in [3.05, 3.63) is 32.7 Å². The standard InChI is InChI=1S/C32H45N3O6S2/c1-16(2)10-11-20-25(37)24-28-21(15-43-42-14-17(35-31(33)34)13-22(36)26(20)40-28)27-23(29(24)39-18-7-4-5-8-18)19-9-6-12-32(3,38)30(19)41-27/h16-19,22,30,36,38H,4-15H2,1-3H3,(H4,33,34,35). The van der Waals surface area contributed by atoms with Gasteiger partial charge in [-0.1, -0.05) is 35.4 Å². The number of hydrogen-bond acceptors (Lipinski definition) is 9. The molecule has 6 N–H and O–H groups in total. The van der Waals surface area contributed by atoms with Crippen LogP contribution in [0.15, 0.2) is 14.2 Å². The molecule has 11 heteroatoms. The van der Waals surface area contributed by atoms with E-state index in [1.165, 1.54) is 0 Å². The highest BCUT2D eigenvalue weighted by molar-refractivity contribution is 8.76. The number of nitrogens with zero attached hydrogens (tertiary/aromatic N) is 1. The van der Waals surface area contributed by atoms with E-state index in [0.29, 0.717) is 58.3 Å². The van der Waals surface area contributed by atoms with Gasteiger partial charge >= 0.3 is 0 Å². The zero-order valence-electron chi connectivity index (χ0n) is 25.4. The summed E-state index contributed by atoms with van der Waals surface area (Å²) in [6.07, 6.45) is 6.41. The largest absolute Gasteiger partial charge is 0.489 e. The first kappa shape index (κ1) is 30.9. The molecule has 5 unspecified atom stereocenters. The summed E-state index contributed by atoms with van der Waals surface area (Å²) in [4.78, 5) is 19.1. The van der Waals surface area contributed by atoms with E-state index in [1.807, 2.05) is 6.92 Å². The molecule has 0 spiro atoms. The Balaban J connectivity index is 1.62. The number of aliphatic hydroxyl groups is 2. The molecule has 9 nitrogen and oxygen atoms in total. The van der Waals surface area contributed by atoms with E-state index in [4.69, 9.17) is 25.4 Å². The van der Waals surface area contributed by atoms with E-state index in [9.17, 15) is 15.0 Å². The van der Waals surface area contributed by atoms with Crippen LogP contribution in [0.3, 0.4) is 0 Å². The molecule has 0 saturated heterocycles. The summed E-state index contributed by atoms with van der Waals surface area (Å²) < 4.78 is 20.3. The molecule has 2 aliphatic heterocycles. The van der Waals surface area contributed by atoms with E-state index in [2.05, 4.69) is 18.8 Å². The summed E-state index contributed by atoms with van der Waals surface area (Å²) in [5, 5.41) is 23.5. The molecule has 2 fully saturated rings. The highest BCUT2D eigenvalue weighted by Gasteiger charge is 2.51. The SMILES string of the molecule is CC(C)CCc1c2oc3c(c4c(c(OC5CCCC5)c3c1=O)C1CCCC(C)(O)C1O4)CSSCC(N=C(N)N)CC2O. The molecule has 2 aliphatic carbocycles. The first-order valence-electron chi connectivity index (χ1n) is 15.8. The smallest absolute Gasteiger partial charge is 0.200 e. The average Bonchev–Trinajstić information content (AvgIpc) is 3.58. The summed E-state index contributed by atoms with van der Waals surface area (Å²) in [6, 6.07) is -0.348. The topological polar surface area (TPSA) is 154 Å². The van der Waals surface area contributed by atoms with Gasteiger partial charge in [0.2, 0.25) is 0 Å². The molecular formula is C32H45N3O6S2. The van der Waals surface area contributed by atoms with Crippen LogP contribution in [0.4, 0.5) is 0 Å². The third-order valence-corrected chi connectivity index (χ3v) is 11.9. The molecule has 4 aliphatic rings. The maximum atomic E-state index is 14.8. The number of rotatable bonds is 6. The minimum Gasteiger partial charge on any atom is -0.489 e. The van der Waals surface area contributed by atoms with E-state index < -0.39 is 17.8 Å². The van der Waals surface area contributed by atoms with Crippen molar-refractivity contribution in [2.24, 2.45) is 22.4 Å². The number of nitrogens with two attached hydrogens (primary N) is 2. The number of aliphatic imine (C=N–C) groups is 1. The molecule has 2 saturated carbocycles. The van der Waals surface area contributed by atoms with E-state index in [0.717, 1.165) is 56.1 Å². The molecule has 43 heavy (non-hydrogen) atoms. The molecule has 1 aromatic heterocycles. The maximum absolute atomic E-state index is 14.8. The summed E-state index contributed by atoms with van der Waals surface area (Å²) >= 11 is 0. The van der Waals surface area contributed by atoms with Crippen molar-refractivity contribution >= 4 is 38.5 Å². The lowest BCUT2D eigenvalue weighted by molar-refractivity contribution is -0.0727.